The molecule has 2 heterocycles. The van der Waals surface area contributed by atoms with Gasteiger partial charge < -0.3 is 5.73 Å². The Balaban J connectivity index is 2.21. The number of aromatic amines is 1. The van der Waals surface area contributed by atoms with Crippen LogP contribution in [0.15, 0.2) is 29.4 Å². The van der Waals surface area contributed by atoms with Crippen molar-refractivity contribution in [1.82, 2.24) is 19.9 Å². The Kier molecular flexibility index (Phi) is 3.93. The van der Waals surface area contributed by atoms with Crippen LogP contribution >= 0.6 is 0 Å². The van der Waals surface area contributed by atoms with Crippen LogP contribution in [0.1, 0.15) is 17.0 Å². The summed E-state index contributed by atoms with van der Waals surface area (Å²) < 4.78 is 27.0. The number of nitrogens with two attached hydrogens (primary N) is 1. The molecule has 102 valence electrons. The highest BCUT2D eigenvalue weighted by Gasteiger charge is 2.23. The van der Waals surface area contributed by atoms with E-state index >= 15 is 0 Å². The number of rotatable bonds is 5. The zero-order valence-corrected chi connectivity index (χ0v) is 11.2. The maximum Gasteiger partial charge on any atom is 0.244 e. The number of pyridine rings is 1. The summed E-state index contributed by atoms with van der Waals surface area (Å²) in [5, 5.41) is 6.50. The topological polar surface area (TPSA) is 114 Å². The number of nitrogens with zero attached hydrogens (tertiary/aromatic N) is 2. The van der Waals surface area contributed by atoms with Gasteiger partial charge in [0.15, 0.2) is 0 Å². The molecule has 0 unspecified atom stereocenters. The van der Waals surface area contributed by atoms with Crippen LogP contribution in [0.4, 0.5) is 0 Å². The zero-order chi connectivity index (χ0) is 13.9. The second-order valence-electron chi connectivity index (χ2n) is 4.01. The third-order valence-electron chi connectivity index (χ3n) is 2.61. The van der Waals surface area contributed by atoms with E-state index in [1.54, 1.807) is 31.5 Å². The Morgan fingerprint density at radius 3 is 2.89 bits per heavy atom. The van der Waals surface area contributed by atoms with E-state index in [0.717, 1.165) is 5.56 Å². The maximum absolute atomic E-state index is 12.2. The lowest BCUT2D eigenvalue weighted by molar-refractivity contribution is 0.579. The smallest absolute Gasteiger partial charge is 0.244 e. The van der Waals surface area contributed by atoms with Crippen LogP contribution in [0.5, 0.6) is 0 Å². The fourth-order valence-corrected chi connectivity index (χ4v) is 3.11. The van der Waals surface area contributed by atoms with Gasteiger partial charge in [0.2, 0.25) is 10.0 Å². The van der Waals surface area contributed by atoms with E-state index in [2.05, 4.69) is 19.9 Å². The van der Waals surface area contributed by atoms with Gasteiger partial charge in [0.1, 0.15) is 4.90 Å². The highest BCUT2D eigenvalue weighted by molar-refractivity contribution is 7.89. The average Bonchev–Trinajstić information content (AvgIpc) is 2.80. The van der Waals surface area contributed by atoms with Gasteiger partial charge in [-0.2, -0.15) is 5.10 Å². The molecule has 2 rings (SSSR count). The molecule has 8 heteroatoms. The monoisotopic (exact) mass is 281 g/mol. The van der Waals surface area contributed by atoms with Crippen molar-refractivity contribution in [1.29, 1.82) is 0 Å². The largest absolute Gasteiger partial charge is 0.325 e. The van der Waals surface area contributed by atoms with E-state index in [0.29, 0.717) is 11.4 Å². The molecule has 0 bridgehead atoms. The van der Waals surface area contributed by atoms with E-state index in [9.17, 15) is 8.42 Å². The molecule has 0 saturated heterocycles. The van der Waals surface area contributed by atoms with Gasteiger partial charge in [-0.05, 0) is 18.6 Å². The van der Waals surface area contributed by atoms with Crippen LogP contribution in [-0.2, 0) is 23.1 Å². The number of aryl methyl sites for hydroxylation is 1. The van der Waals surface area contributed by atoms with Crippen molar-refractivity contribution in [2.24, 2.45) is 5.73 Å². The molecule has 7 nitrogen and oxygen atoms in total. The van der Waals surface area contributed by atoms with Crippen LogP contribution in [0.3, 0.4) is 0 Å². The van der Waals surface area contributed by atoms with Crippen LogP contribution in [0.25, 0.3) is 0 Å². The number of H-pyrrole nitrogens is 1. The lowest BCUT2D eigenvalue weighted by Crippen LogP contribution is -2.25. The highest BCUT2D eigenvalue weighted by Crippen LogP contribution is 2.17. The fourth-order valence-electron chi connectivity index (χ4n) is 1.72. The number of aromatic nitrogens is 3. The zero-order valence-electron chi connectivity index (χ0n) is 10.4. The predicted octanol–water partition coefficient (Wildman–Crippen LogP) is 0.0503. The van der Waals surface area contributed by atoms with Crippen molar-refractivity contribution in [2.45, 2.75) is 24.9 Å². The van der Waals surface area contributed by atoms with Gasteiger partial charge in [-0.15, -0.1) is 0 Å². The third-order valence-corrected chi connectivity index (χ3v) is 4.22. The first kappa shape index (κ1) is 13.7. The molecule has 0 amide bonds. The summed E-state index contributed by atoms with van der Waals surface area (Å²) in [5.41, 5.74) is 7.06. The van der Waals surface area contributed by atoms with E-state index in [4.69, 9.17) is 5.73 Å². The summed E-state index contributed by atoms with van der Waals surface area (Å²) in [6, 6.07) is 3.54. The summed E-state index contributed by atoms with van der Waals surface area (Å²) >= 11 is 0. The second-order valence-corrected chi connectivity index (χ2v) is 5.72. The Morgan fingerprint density at radius 1 is 1.47 bits per heavy atom. The maximum atomic E-state index is 12.2. The average molecular weight is 281 g/mol. The Bertz CT molecular complexity index is 651. The predicted molar refractivity (Wildman–Crippen MR) is 69.5 cm³/mol. The van der Waals surface area contributed by atoms with Crippen molar-refractivity contribution in [2.75, 3.05) is 0 Å². The first-order valence-electron chi connectivity index (χ1n) is 5.67. The molecule has 0 aliphatic rings. The van der Waals surface area contributed by atoms with Gasteiger partial charge in [-0.25, -0.2) is 13.1 Å². The first-order valence-corrected chi connectivity index (χ1v) is 7.15. The molecule has 0 atom stereocenters. The first-order chi connectivity index (χ1) is 9.04. The number of nitrogens with one attached hydrogen (secondary N) is 2. The minimum Gasteiger partial charge on any atom is -0.325 e. The van der Waals surface area contributed by atoms with E-state index in [1.807, 2.05) is 0 Å². The molecule has 2 aromatic heterocycles. The van der Waals surface area contributed by atoms with Crippen molar-refractivity contribution in [3.63, 3.8) is 0 Å². The van der Waals surface area contributed by atoms with Gasteiger partial charge in [-0.3, -0.25) is 10.1 Å². The Hall–Kier alpha value is -1.77. The lowest BCUT2D eigenvalue weighted by atomic mass is 10.3. The summed E-state index contributed by atoms with van der Waals surface area (Å²) in [6.07, 6.45) is 3.24. The van der Waals surface area contributed by atoms with Crippen LogP contribution < -0.4 is 10.5 Å². The van der Waals surface area contributed by atoms with E-state index in [1.165, 1.54) is 0 Å². The van der Waals surface area contributed by atoms with E-state index in [-0.39, 0.29) is 18.0 Å². The SMILES string of the molecule is Cc1[nH]nc(CN)c1S(=O)(=O)NCc1cccnc1. The quantitative estimate of drug-likeness (QED) is 0.716. The second kappa shape index (κ2) is 5.47. The molecule has 0 spiro atoms. The molecular formula is C11H15N5O2S. The molecule has 0 fully saturated rings. The van der Waals surface area contributed by atoms with Gasteiger partial charge >= 0.3 is 0 Å². The molecular weight excluding hydrogens is 266 g/mol. The molecule has 2 aromatic rings. The van der Waals surface area contributed by atoms with Crippen molar-refractivity contribution in [3.05, 3.63) is 41.5 Å². The van der Waals surface area contributed by atoms with Crippen molar-refractivity contribution in [3.8, 4) is 0 Å². The molecule has 0 aliphatic heterocycles. The van der Waals surface area contributed by atoms with Gasteiger partial charge in [0, 0.05) is 25.5 Å². The minimum absolute atomic E-state index is 0.0630. The van der Waals surface area contributed by atoms with Crippen LogP contribution in [-0.4, -0.2) is 23.6 Å². The number of hydrogen-bond acceptors (Lipinski definition) is 5. The van der Waals surface area contributed by atoms with Gasteiger partial charge in [-0.1, -0.05) is 6.07 Å². The fraction of sp³-hybridized carbons (Fsp3) is 0.273. The molecule has 0 aliphatic carbocycles. The molecule has 19 heavy (non-hydrogen) atoms. The summed E-state index contributed by atoms with van der Waals surface area (Å²) in [6.45, 7) is 1.88. The standard InChI is InChI=1S/C11H15N5O2S/c1-8-11(10(5-12)16-15-8)19(17,18)14-7-9-3-2-4-13-6-9/h2-4,6,14H,5,7,12H2,1H3,(H,15,16). The summed E-state index contributed by atoms with van der Waals surface area (Å²) in [4.78, 5) is 4.05. The van der Waals surface area contributed by atoms with Crippen molar-refractivity contribution >= 4 is 10.0 Å². The molecule has 0 saturated carbocycles. The third kappa shape index (κ3) is 2.98. The van der Waals surface area contributed by atoms with Crippen LogP contribution in [0, 0.1) is 6.92 Å². The van der Waals surface area contributed by atoms with Gasteiger partial charge in [0.05, 0.1) is 11.4 Å². The minimum atomic E-state index is -3.64. The summed E-state index contributed by atoms with van der Waals surface area (Å²) in [5.74, 6) is 0. The molecule has 4 N–H and O–H groups in total. The van der Waals surface area contributed by atoms with E-state index < -0.39 is 10.0 Å². The van der Waals surface area contributed by atoms with Crippen LogP contribution in [0.2, 0.25) is 0 Å². The normalized spacial score (nSPS) is 11.7. The molecule has 0 radical (unpaired) electrons. The number of hydrogen-bond donors (Lipinski definition) is 3. The Labute approximate surface area is 111 Å². The van der Waals surface area contributed by atoms with Crippen molar-refractivity contribution < 1.29 is 8.42 Å². The summed E-state index contributed by atoms with van der Waals surface area (Å²) in [7, 11) is -3.64. The Morgan fingerprint density at radius 2 is 2.26 bits per heavy atom. The molecule has 0 aromatic carbocycles. The van der Waals surface area contributed by atoms with Gasteiger partial charge in [0.25, 0.3) is 0 Å². The number of sulfonamides is 1. The lowest BCUT2D eigenvalue weighted by Gasteiger charge is -2.07. The highest BCUT2D eigenvalue weighted by atomic mass is 32.2.